The lowest BCUT2D eigenvalue weighted by molar-refractivity contribution is -0.384. The third-order valence-electron chi connectivity index (χ3n) is 5.35. The lowest BCUT2D eigenvalue weighted by atomic mass is 9.86. The van der Waals surface area contributed by atoms with E-state index >= 15 is 0 Å². The molecule has 2 aromatic carbocycles. The Hall–Kier alpha value is -4.08. The fourth-order valence-electron chi connectivity index (χ4n) is 3.22. The van der Waals surface area contributed by atoms with Gasteiger partial charge in [-0.05, 0) is 41.2 Å². The lowest BCUT2D eigenvalue weighted by Gasteiger charge is -2.21. The minimum atomic E-state index is -0.873. The van der Waals surface area contributed by atoms with Crippen molar-refractivity contribution >= 4 is 17.6 Å². The highest BCUT2D eigenvalue weighted by molar-refractivity contribution is 5.96. The van der Waals surface area contributed by atoms with Crippen molar-refractivity contribution in [1.29, 1.82) is 0 Å². The summed E-state index contributed by atoms with van der Waals surface area (Å²) in [7, 11) is 0. The molecular weight excluding hydrogens is 452 g/mol. The Morgan fingerprint density at radius 2 is 1.69 bits per heavy atom. The number of esters is 1. The number of nitrogens with zero attached hydrogens (tertiary/aromatic N) is 3. The molecule has 1 unspecified atom stereocenters. The standard InChI is InChI=1S/C25H28N4O6/c1-15(2)21(26-22(30)16-6-10-18(11-7-16)25(3,4)5)24(31)34-14-20-27-28-23(35-20)17-8-12-19(13-9-17)29(32)33/h6-13,15,21H,14H2,1-5H3,(H,26,30). The zero-order valence-electron chi connectivity index (χ0n) is 20.3. The van der Waals surface area contributed by atoms with Gasteiger partial charge in [0.1, 0.15) is 6.04 Å². The highest BCUT2D eigenvalue weighted by Gasteiger charge is 2.27. The van der Waals surface area contributed by atoms with Crippen molar-refractivity contribution in [1.82, 2.24) is 15.5 Å². The lowest BCUT2D eigenvalue weighted by Crippen LogP contribution is -2.45. The number of ether oxygens (including phenoxy) is 1. The van der Waals surface area contributed by atoms with Gasteiger partial charge in [0.15, 0.2) is 6.61 Å². The molecule has 184 valence electrons. The van der Waals surface area contributed by atoms with Gasteiger partial charge in [0.25, 0.3) is 17.5 Å². The number of carbonyl (C=O) groups is 2. The van der Waals surface area contributed by atoms with Crippen LogP contribution in [0.2, 0.25) is 0 Å². The highest BCUT2D eigenvalue weighted by atomic mass is 16.6. The van der Waals surface area contributed by atoms with Gasteiger partial charge in [0.2, 0.25) is 5.89 Å². The van der Waals surface area contributed by atoms with Crippen LogP contribution in [0.15, 0.2) is 52.9 Å². The number of benzene rings is 2. The summed E-state index contributed by atoms with van der Waals surface area (Å²) in [6.45, 7) is 9.59. The van der Waals surface area contributed by atoms with Crippen molar-refractivity contribution in [2.24, 2.45) is 5.92 Å². The highest BCUT2D eigenvalue weighted by Crippen LogP contribution is 2.23. The number of aromatic nitrogens is 2. The molecule has 0 saturated carbocycles. The van der Waals surface area contributed by atoms with E-state index in [1.54, 1.807) is 26.0 Å². The average molecular weight is 481 g/mol. The quantitative estimate of drug-likeness (QED) is 0.284. The molecule has 3 rings (SSSR count). The molecule has 1 N–H and O–H groups in total. The first-order valence-electron chi connectivity index (χ1n) is 11.1. The monoisotopic (exact) mass is 480 g/mol. The summed E-state index contributed by atoms with van der Waals surface area (Å²) in [6, 6.07) is 12.0. The van der Waals surface area contributed by atoms with Gasteiger partial charge in [-0.2, -0.15) is 0 Å². The number of non-ortho nitro benzene ring substituents is 1. The number of rotatable bonds is 8. The molecule has 0 saturated heterocycles. The predicted octanol–water partition coefficient (Wildman–Crippen LogP) is 4.44. The van der Waals surface area contributed by atoms with E-state index in [-0.39, 0.29) is 41.3 Å². The van der Waals surface area contributed by atoms with E-state index in [0.717, 1.165) is 5.56 Å². The average Bonchev–Trinajstić information content (AvgIpc) is 3.29. The molecule has 1 aromatic heterocycles. The van der Waals surface area contributed by atoms with Gasteiger partial charge in [-0.1, -0.05) is 46.8 Å². The molecule has 1 heterocycles. The van der Waals surface area contributed by atoms with Crippen molar-refractivity contribution in [3.8, 4) is 11.5 Å². The Morgan fingerprint density at radius 3 is 2.23 bits per heavy atom. The van der Waals surface area contributed by atoms with Gasteiger partial charge in [-0.25, -0.2) is 4.79 Å². The normalized spacial score (nSPS) is 12.3. The largest absolute Gasteiger partial charge is 0.454 e. The molecule has 0 radical (unpaired) electrons. The van der Waals surface area contributed by atoms with Gasteiger partial charge >= 0.3 is 5.97 Å². The second-order valence-corrected chi connectivity index (χ2v) is 9.44. The summed E-state index contributed by atoms with van der Waals surface area (Å²) in [4.78, 5) is 35.7. The Kier molecular flexibility index (Phi) is 7.63. The number of carbonyl (C=O) groups excluding carboxylic acids is 2. The van der Waals surface area contributed by atoms with Crippen LogP contribution in [0.25, 0.3) is 11.5 Å². The van der Waals surface area contributed by atoms with Crippen molar-refractivity contribution in [3.63, 3.8) is 0 Å². The molecule has 1 amide bonds. The SMILES string of the molecule is CC(C)C(NC(=O)c1ccc(C(C)(C)C)cc1)C(=O)OCc1nnc(-c2ccc([N+](=O)[O-])cc2)o1. The van der Waals surface area contributed by atoms with Crippen LogP contribution in [-0.4, -0.2) is 33.0 Å². The van der Waals surface area contributed by atoms with Crippen LogP contribution in [0.1, 0.15) is 56.4 Å². The summed E-state index contributed by atoms with van der Waals surface area (Å²) < 4.78 is 10.8. The maximum absolute atomic E-state index is 12.7. The van der Waals surface area contributed by atoms with Crippen molar-refractivity contribution in [2.45, 2.75) is 52.7 Å². The van der Waals surface area contributed by atoms with Crippen LogP contribution < -0.4 is 5.32 Å². The Bertz CT molecular complexity index is 1190. The maximum atomic E-state index is 12.7. The Balaban J connectivity index is 1.61. The molecular formula is C25H28N4O6. The van der Waals surface area contributed by atoms with Crippen molar-refractivity contribution in [2.75, 3.05) is 0 Å². The summed E-state index contributed by atoms with van der Waals surface area (Å²) >= 11 is 0. The first-order valence-corrected chi connectivity index (χ1v) is 11.1. The zero-order valence-corrected chi connectivity index (χ0v) is 20.3. The summed E-state index contributed by atoms with van der Waals surface area (Å²) in [5, 5.41) is 21.2. The first-order chi connectivity index (χ1) is 16.5. The number of nitro groups is 1. The van der Waals surface area contributed by atoms with E-state index in [1.807, 2.05) is 12.1 Å². The van der Waals surface area contributed by atoms with E-state index in [4.69, 9.17) is 9.15 Å². The fourth-order valence-corrected chi connectivity index (χ4v) is 3.22. The number of amides is 1. The molecule has 0 aliphatic heterocycles. The molecule has 35 heavy (non-hydrogen) atoms. The first kappa shape index (κ1) is 25.5. The molecule has 1 atom stereocenters. The number of hydrogen-bond donors (Lipinski definition) is 1. The second kappa shape index (κ2) is 10.5. The van der Waals surface area contributed by atoms with Crippen LogP contribution in [0, 0.1) is 16.0 Å². The molecule has 0 aliphatic carbocycles. The van der Waals surface area contributed by atoms with Gasteiger partial charge in [0.05, 0.1) is 4.92 Å². The fraction of sp³-hybridized carbons (Fsp3) is 0.360. The van der Waals surface area contributed by atoms with E-state index < -0.39 is 16.9 Å². The third-order valence-corrected chi connectivity index (χ3v) is 5.35. The summed E-state index contributed by atoms with van der Waals surface area (Å²) in [5.74, 6) is -1.04. The number of nitrogens with one attached hydrogen (secondary N) is 1. The van der Waals surface area contributed by atoms with Crippen LogP contribution in [0.4, 0.5) is 5.69 Å². The smallest absolute Gasteiger partial charge is 0.329 e. The van der Waals surface area contributed by atoms with Gasteiger partial charge in [0, 0.05) is 23.3 Å². The minimum absolute atomic E-state index is 0.0354. The maximum Gasteiger partial charge on any atom is 0.329 e. The molecule has 10 heteroatoms. The number of hydrogen-bond acceptors (Lipinski definition) is 8. The van der Waals surface area contributed by atoms with Gasteiger partial charge in [-0.3, -0.25) is 14.9 Å². The van der Waals surface area contributed by atoms with Crippen molar-refractivity contribution < 1.29 is 23.7 Å². The summed E-state index contributed by atoms with van der Waals surface area (Å²) in [6.07, 6.45) is 0. The van der Waals surface area contributed by atoms with E-state index in [2.05, 4.69) is 36.3 Å². The van der Waals surface area contributed by atoms with Crippen LogP contribution >= 0.6 is 0 Å². The second-order valence-electron chi connectivity index (χ2n) is 9.44. The molecule has 10 nitrogen and oxygen atoms in total. The zero-order chi connectivity index (χ0) is 25.8. The van der Waals surface area contributed by atoms with Gasteiger partial charge in [-0.15, -0.1) is 10.2 Å². The van der Waals surface area contributed by atoms with E-state index in [1.165, 1.54) is 24.3 Å². The Labute approximate surface area is 202 Å². The molecule has 0 fully saturated rings. The van der Waals surface area contributed by atoms with Crippen LogP contribution in [0.5, 0.6) is 0 Å². The van der Waals surface area contributed by atoms with E-state index in [9.17, 15) is 19.7 Å². The minimum Gasteiger partial charge on any atom is -0.454 e. The van der Waals surface area contributed by atoms with Crippen molar-refractivity contribution in [3.05, 3.63) is 75.7 Å². The number of nitro benzene ring substituents is 1. The van der Waals surface area contributed by atoms with E-state index in [0.29, 0.717) is 11.1 Å². The van der Waals surface area contributed by atoms with Crippen LogP contribution in [-0.2, 0) is 21.6 Å². The Morgan fingerprint density at radius 1 is 1.06 bits per heavy atom. The summed E-state index contributed by atoms with van der Waals surface area (Å²) in [5.41, 5.74) is 1.94. The molecule has 0 spiro atoms. The predicted molar refractivity (Wildman–Crippen MR) is 127 cm³/mol. The molecule has 3 aromatic rings. The molecule has 0 aliphatic rings. The topological polar surface area (TPSA) is 137 Å². The van der Waals surface area contributed by atoms with Crippen LogP contribution in [0.3, 0.4) is 0 Å². The third kappa shape index (κ3) is 6.50. The molecule has 0 bridgehead atoms. The van der Waals surface area contributed by atoms with Gasteiger partial charge < -0.3 is 14.5 Å².